The van der Waals surface area contributed by atoms with Crippen molar-refractivity contribution in [3.63, 3.8) is 0 Å². The summed E-state index contributed by atoms with van der Waals surface area (Å²) >= 11 is 10.3. The molecule has 0 atom stereocenters. The van der Waals surface area contributed by atoms with Gasteiger partial charge in [0.2, 0.25) is 0 Å². The van der Waals surface area contributed by atoms with Crippen LogP contribution in [0, 0.1) is 0 Å². The van der Waals surface area contributed by atoms with Crippen LogP contribution in [0.2, 0.25) is 0 Å². The quantitative estimate of drug-likeness (QED) is 0.105. The summed E-state index contributed by atoms with van der Waals surface area (Å²) in [5, 5.41) is 35.5. The Bertz CT molecular complexity index is 1270. The molecule has 0 aliphatic heterocycles. The van der Waals surface area contributed by atoms with Gasteiger partial charge in [0.15, 0.2) is 0 Å². The molecule has 0 aliphatic carbocycles. The third kappa shape index (κ3) is 10.0. The first kappa shape index (κ1) is 29.5. The van der Waals surface area contributed by atoms with Crippen LogP contribution in [-0.4, -0.2) is 32.7 Å². The van der Waals surface area contributed by atoms with Gasteiger partial charge >= 0.3 is 19.5 Å². The predicted octanol–water partition coefficient (Wildman–Crippen LogP) is 5.44. The summed E-state index contributed by atoms with van der Waals surface area (Å²) < 4.78 is 0. The van der Waals surface area contributed by atoms with E-state index in [0.29, 0.717) is 21.2 Å². The van der Waals surface area contributed by atoms with Gasteiger partial charge in [0.25, 0.3) is 0 Å². The molecule has 0 radical (unpaired) electrons. The maximum Gasteiger partial charge on any atom is 2.00 e. The van der Waals surface area contributed by atoms with Crippen molar-refractivity contribution in [1.82, 2.24) is 0 Å². The number of hydrogen-bond donors (Lipinski definition) is 2. The molecule has 0 heterocycles. The number of rotatable bonds is 6. The van der Waals surface area contributed by atoms with Gasteiger partial charge in [-0.25, -0.2) is 0 Å². The summed E-state index contributed by atoms with van der Waals surface area (Å²) in [5.74, 6) is 0.337. The Kier molecular flexibility index (Phi) is 12.8. The van der Waals surface area contributed by atoms with Crippen LogP contribution < -0.4 is 0 Å². The molecule has 0 aliphatic rings. The monoisotopic (exact) mass is 574 g/mol. The molecular weight excluding hydrogens is 554 g/mol. The van der Waals surface area contributed by atoms with Crippen molar-refractivity contribution in [3.8, 4) is 11.5 Å². The molecule has 0 fully saturated rings. The summed E-state index contributed by atoms with van der Waals surface area (Å²) in [7, 11) is 0. The zero-order valence-corrected chi connectivity index (χ0v) is 24.4. The molecular formula is C28H22N4O2S2Zn. The van der Waals surface area contributed by atoms with Crippen LogP contribution in [-0.2, 0) is 44.7 Å². The topological polar surface area (TPSA) is 89.9 Å². The van der Waals surface area contributed by atoms with Gasteiger partial charge in [-0.1, -0.05) is 95.0 Å². The zero-order valence-electron chi connectivity index (χ0n) is 19.8. The van der Waals surface area contributed by atoms with Crippen LogP contribution in [0.3, 0.4) is 0 Å². The second-order valence-corrected chi connectivity index (χ2v) is 7.92. The Balaban J connectivity index is 0.000000253. The van der Waals surface area contributed by atoms with Crippen molar-refractivity contribution in [2.75, 3.05) is 0 Å². The summed E-state index contributed by atoms with van der Waals surface area (Å²) in [6.45, 7) is 0. The van der Waals surface area contributed by atoms with E-state index in [1.54, 1.807) is 36.4 Å². The number of phenolic OH excluding ortho intramolecular Hbond substituents is 2. The van der Waals surface area contributed by atoms with Gasteiger partial charge in [-0.05, 0) is 35.4 Å². The van der Waals surface area contributed by atoms with Crippen molar-refractivity contribution in [3.05, 3.63) is 131 Å². The molecule has 37 heavy (non-hydrogen) atoms. The Labute approximate surface area is 239 Å². The number of benzene rings is 4. The Morgan fingerprint density at radius 3 is 1.19 bits per heavy atom. The molecule has 0 aromatic heterocycles. The standard InChI is InChI=1S/2C14H12N2OS.Zn/c2*17-13-9-5-4-8-12(13)10-15-16-14(18)11-6-2-1-3-7-11;/h2*1-10,17H,(H,16,18);/q;;+2/p-2/b15-10+;15-10-;. The van der Waals surface area contributed by atoms with Crippen molar-refractivity contribution in [2.24, 2.45) is 20.4 Å². The minimum atomic E-state index is 0. The van der Waals surface area contributed by atoms with Crippen LogP contribution >= 0.6 is 0 Å². The maximum atomic E-state index is 9.53. The summed E-state index contributed by atoms with van der Waals surface area (Å²) in [6, 6.07) is 32.7. The van der Waals surface area contributed by atoms with Gasteiger partial charge in [0, 0.05) is 11.1 Å². The number of hydrogen-bond acceptors (Lipinski definition) is 8. The van der Waals surface area contributed by atoms with E-state index >= 15 is 0 Å². The molecule has 0 spiro atoms. The van der Waals surface area contributed by atoms with E-state index in [2.05, 4.69) is 20.4 Å². The average Bonchev–Trinajstić information content (AvgIpc) is 2.92. The molecule has 0 saturated heterocycles. The first-order valence-electron chi connectivity index (χ1n) is 10.8. The fraction of sp³-hybridized carbons (Fsp3) is 0. The third-order valence-corrected chi connectivity index (χ3v) is 5.24. The normalized spacial score (nSPS) is 11.6. The summed E-state index contributed by atoms with van der Waals surface area (Å²) in [5.41, 5.74) is 2.91. The second-order valence-electron chi connectivity index (χ2n) is 7.15. The van der Waals surface area contributed by atoms with Gasteiger partial charge in [-0.15, -0.1) is 0 Å². The Morgan fingerprint density at radius 1 is 0.514 bits per heavy atom. The van der Waals surface area contributed by atoms with Crippen molar-refractivity contribution in [1.29, 1.82) is 0 Å². The summed E-state index contributed by atoms with van der Waals surface area (Å²) in [4.78, 5) is 0. The van der Waals surface area contributed by atoms with Crippen LogP contribution in [0.4, 0.5) is 0 Å². The minimum absolute atomic E-state index is 0. The molecule has 0 amide bonds. The van der Waals surface area contributed by atoms with Gasteiger partial charge in [0.1, 0.15) is 11.5 Å². The summed E-state index contributed by atoms with van der Waals surface area (Å²) in [6.07, 6.45) is 2.95. The van der Waals surface area contributed by atoms with Crippen LogP contribution in [0.15, 0.2) is 130 Å². The fourth-order valence-electron chi connectivity index (χ4n) is 2.76. The fourth-order valence-corrected chi connectivity index (χ4v) is 3.12. The molecule has 0 bridgehead atoms. The van der Waals surface area contributed by atoms with E-state index in [1.807, 2.05) is 72.8 Å². The van der Waals surface area contributed by atoms with Crippen LogP contribution in [0.1, 0.15) is 22.3 Å². The maximum absolute atomic E-state index is 9.53. The minimum Gasteiger partial charge on any atom is -0.758 e. The molecule has 6 nitrogen and oxygen atoms in total. The van der Waals surface area contributed by atoms with E-state index in [0.717, 1.165) is 11.1 Å². The van der Waals surface area contributed by atoms with Gasteiger partial charge in [0.05, 0.1) is 12.4 Å². The van der Waals surface area contributed by atoms with Crippen molar-refractivity contribution in [2.45, 2.75) is 0 Å². The molecule has 4 aromatic rings. The Morgan fingerprint density at radius 2 is 0.838 bits per heavy atom. The van der Waals surface area contributed by atoms with Crippen LogP contribution in [0.25, 0.3) is 0 Å². The van der Waals surface area contributed by atoms with E-state index in [1.165, 1.54) is 12.4 Å². The second kappa shape index (κ2) is 16.1. The van der Waals surface area contributed by atoms with Gasteiger partial charge in [-0.2, -0.15) is 20.4 Å². The largest absolute Gasteiger partial charge is 2.00 e. The molecule has 0 unspecified atom stereocenters. The molecule has 0 saturated carbocycles. The van der Waals surface area contributed by atoms with E-state index < -0.39 is 0 Å². The number of para-hydroxylation sites is 2. The number of aromatic hydroxyl groups is 2. The van der Waals surface area contributed by atoms with Crippen molar-refractivity contribution < 1.29 is 29.7 Å². The van der Waals surface area contributed by atoms with E-state index in [9.17, 15) is 10.2 Å². The third-order valence-electron chi connectivity index (χ3n) is 4.61. The molecule has 4 aromatic carbocycles. The predicted molar refractivity (Wildman–Crippen MR) is 152 cm³/mol. The zero-order chi connectivity index (χ0) is 25.6. The number of nitrogens with zero attached hydrogens (tertiary/aromatic N) is 4. The first-order valence-corrected chi connectivity index (χ1v) is 11.6. The SMILES string of the molecule is Oc1ccccc1/C=N/N=C(\[S-])c1ccccc1.Oc1ccccc1/C=N\N=C(/[S-])c1ccccc1.[Zn+2]. The molecule has 4 rings (SSSR count). The molecule has 2 N–H and O–H groups in total. The average molecular weight is 576 g/mol. The Hall–Kier alpha value is -3.78. The number of phenols is 2. The molecule has 9 heteroatoms. The van der Waals surface area contributed by atoms with E-state index in [4.69, 9.17) is 25.3 Å². The van der Waals surface area contributed by atoms with E-state index in [-0.39, 0.29) is 31.0 Å². The first-order chi connectivity index (χ1) is 17.5. The smallest absolute Gasteiger partial charge is 0.758 e. The van der Waals surface area contributed by atoms with Crippen molar-refractivity contribution >= 4 is 47.8 Å². The molecule has 180 valence electrons. The van der Waals surface area contributed by atoms with Crippen LogP contribution in [0.5, 0.6) is 11.5 Å². The van der Waals surface area contributed by atoms with Gasteiger partial charge < -0.3 is 35.5 Å². The van der Waals surface area contributed by atoms with Gasteiger partial charge in [-0.3, -0.25) is 0 Å².